The lowest BCUT2D eigenvalue weighted by atomic mass is 9.99. The third-order valence-corrected chi connectivity index (χ3v) is 3.05. The highest BCUT2D eigenvalue weighted by Gasteiger charge is 2.23. The van der Waals surface area contributed by atoms with Crippen molar-refractivity contribution in [3.63, 3.8) is 0 Å². The van der Waals surface area contributed by atoms with Crippen molar-refractivity contribution in [3.05, 3.63) is 42.5 Å². The molecule has 0 aliphatic heterocycles. The standard InChI is InChI=1S/C16H23NO4/c1-4-10-17-14(11-15(18)20-3)16(19)12-6-8-13(9-7-12)21-5-2/h4,6-9,14,16-17,19H,1,5,10-11H2,2-3H3. The quantitative estimate of drug-likeness (QED) is 0.537. The van der Waals surface area contributed by atoms with Crippen molar-refractivity contribution in [2.24, 2.45) is 0 Å². The van der Waals surface area contributed by atoms with E-state index in [0.29, 0.717) is 18.7 Å². The summed E-state index contributed by atoms with van der Waals surface area (Å²) in [5, 5.41) is 13.5. The first kappa shape index (κ1) is 17.2. The fraction of sp³-hybridized carbons (Fsp3) is 0.438. The van der Waals surface area contributed by atoms with Crippen LogP contribution in [0.4, 0.5) is 0 Å². The van der Waals surface area contributed by atoms with Gasteiger partial charge in [0, 0.05) is 12.6 Å². The van der Waals surface area contributed by atoms with Crippen LogP contribution >= 0.6 is 0 Å². The van der Waals surface area contributed by atoms with E-state index in [4.69, 9.17) is 4.74 Å². The van der Waals surface area contributed by atoms with Crippen molar-refractivity contribution in [1.82, 2.24) is 5.32 Å². The van der Waals surface area contributed by atoms with Crippen molar-refractivity contribution in [2.75, 3.05) is 20.3 Å². The van der Waals surface area contributed by atoms with Crippen molar-refractivity contribution in [3.8, 4) is 5.75 Å². The summed E-state index contributed by atoms with van der Waals surface area (Å²) in [6.07, 6.45) is 0.938. The minimum atomic E-state index is -0.820. The van der Waals surface area contributed by atoms with Crippen LogP contribution in [-0.2, 0) is 9.53 Å². The fourth-order valence-corrected chi connectivity index (χ4v) is 1.95. The van der Waals surface area contributed by atoms with Gasteiger partial charge in [-0.2, -0.15) is 0 Å². The molecule has 2 atom stereocenters. The molecule has 0 fully saturated rings. The number of carbonyl (C=O) groups excluding carboxylic acids is 1. The minimum Gasteiger partial charge on any atom is -0.494 e. The van der Waals surface area contributed by atoms with Crippen molar-refractivity contribution in [2.45, 2.75) is 25.5 Å². The number of benzene rings is 1. The van der Waals surface area contributed by atoms with E-state index in [0.717, 1.165) is 5.75 Å². The monoisotopic (exact) mass is 293 g/mol. The van der Waals surface area contributed by atoms with Gasteiger partial charge in [0.15, 0.2) is 0 Å². The molecule has 0 saturated carbocycles. The number of nitrogens with one attached hydrogen (secondary N) is 1. The summed E-state index contributed by atoms with van der Waals surface area (Å²) in [5.41, 5.74) is 0.712. The van der Waals surface area contributed by atoms with E-state index in [-0.39, 0.29) is 12.4 Å². The Hall–Kier alpha value is -1.85. The molecule has 0 heterocycles. The fourth-order valence-electron chi connectivity index (χ4n) is 1.95. The van der Waals surface area contributed by atoms with E-state index in [9.17, 15) is 9.90 Å². The van der Waals surface area contributed by atoms with Gasteiger partial charge in [-0.1, -0.05) is 18.2 Å². The Morgan fingerprint density at radius 3 is 2.62 bits per heavy atom. The smallest absolute Gasteiger partial charge is 0.307 e. The van der Waals surface area contributed by atoms with Gasteiger partial charge in [0.2, 0.25) is 0 Å². The lowest BCUT2D eigenvalue weighted by Crippen LogP contribution is -2.37. The molecule has 0 aromatic heterocycles. The molecule has 0 saturated heterocycles. The van der Waals surface area contributed by atoms with Crippen LogP contribution in [0.5, 0.6) is 5.75 Å². The summed E-state index contributed by atoms with van der Waals surface area (Å²) < 4.78 is 10.0. The van der Waals surface area contributed by atoms with Gasteiger partial charge in [0.1, 0.15) is 5.75 Å². The van der Waals surface area contributed by atoms with Crippen molar-refractivity contribution in [1.29, 1.82) is 0 Å². The van der Waals surface area contributed by atoms with Crippen LogP contribution in [0.3, 0.4) is 0 Å². The largest absolute Gasteiger partial charge is 0.494 e. The van der Waals surface area contributed by atoms with Crippen LogP contribution < -0.4 is 10.1 Å². The molecule has 0 bridgehead atoms. The number of ether oxygens (including phenoxy) is 2. The van der Waals surface area contributed by atoms with Gasteiger partial charge in [-0.05, 0) is 24.6 Å². The molecule has 5 nitrogen and oxygen atoms in total. The first-order valence-electron chi connectivity index (χ1n) is 6.94. The van der Waals surface area contributed by atoms with Gasteiger partial charge in [-0.15, -0.1) is 6.58 Å². The molecule has 1 rings (SSSR count). The summed E-state index contributed by atoms with van der Waals surface area (Å²) in [6, 6.07) is 6.73. The van der Waals surface area contributed by atoms with Crippen LogP contribution in [0.25, 0.3) is 0 Å². The van der Waals surface area contributed by atoms with Gasteiger partial charge in [0.25, 0.3) is 0 Å². The molecule has 1 aromatic carbocycles. The number of carbonyl (C=O) groups is 1. The molecule has 0 amide bonds. The SMILES string of the molecule is C=CCNC(CC(=O)OC)C(O)c1ccc(OCC)cc1. The van der Waals surface area contributed by atoms with Gasteiger partial charge in [-0.3, -0.25) is 4.79 Å². The highest BCUT2D eigenvalue weighted by molar-refractivity contribution is 5.70. The lowest BCUT2D eigenvalue weighted by Gasteiger charge is -2.23. The average Bonchev–Trinajstić information content (AvgIpc) is 2.51. The summed E-state index contributed by atoms with van der Waals surface area (Å²) in [4.78, 5) is 11.4. The summed E-state index contributed by atoms with van der Waals surface area (Å²) >= 11 is 0. The second-order valence-electron chi connectivity index (χ2n) is 4.53. The molecule has 0 aliphatic carbocycles. The van der Waals surface area contributed by atoms with Crippen LogP contribution in [0.15, 0.2) is 36.9 Å². The Labute approximate surface area is 125 Å². The van der Waals surface area contributed by atoms with E-state index in [1.54, 1.807) is 30.3 Å². The minimum absolute atomic E-state index is 0.0821. The van der Waals surface area contributed by atoms with Gasteiger partial charge < -0.3 is 19.9 Å². The Kier molecular flexibility index (Phi) is 7.50. The predicted molar refractivity (Wildman–Crippen MR) is 81.2 cm³/mol. The van der Waals surface area contributed by atoms with E-state index in [1.807, 2.05) is 6.92 Å². The maximum atomic E-state index is 11.4. The van der Waals surface area contributed by atoms with Gasteiger partial charge in [-0.25, -0.2) is 0 Å². The number of esters is 1. The molecular weight excluding hydrogens is 270 g/mol. The number of aliphatic hydroxyl groups is 1. The molecular formula is C16H23NO4. The zero-order chi connectivity index (χ0) is 15.7. The van der Waals surface area contributed by atoms with E-state index >= 15 is 0 Å². The predicted octanol–water partition coefficient (Wildman–Crippen LogP) is 1.83. The number of rotatable bonds is 9. The van der Waals surface area contributed by atoms with E-state index in [2.05, 4.69) is 16.6 Å². The Morgan fingerprint density at radius 2 is 2.10 bits per heavy atom. The molecule has 1 aromatic rings. The van der Waals surface area contributed by atoms with Crippen LogP contribution in [0.2, 0.25) is 0 Å². The number of hydrogen-bond donors (Lipinski definition) is 2. The molecule has 2 N–H and O–H groups in total. The zero-order valence-corrected chi connectivity index (χ0v) is 12.5. The number of hydrogen-bond acceptors (Lipinski definition) is 5. The Morgan fingerprint density at radius 1 is 1.43 bits per heavy atom. The summed E-state index contributed by atoms with van der Waals surface area (Å²) in [7, 11) is 1.33. The summed E-state index contributed by atoms with van der Waals surface area (Å²) in [5.74, 6) is 0.374. The molecule has 0 radical (unpaired) electrons. The Balaban J connectivity index is 2.79. The average molecular weight is 293 g/mol. The number of methoxy groups -OCH3 is 1. The van der Waals surface area contributed by atoms with Crippen molar-refractivity contribution < 1.29 is 19.4 Å². The van der Waals surface area contributed by atoms with Crippen LogP contribution in [0.1, 0.15) is 25.0 Å². The van der Waals surface area contributed by atoms with E-state index in [1.165, 1.54) is 7.11 Å². The molecule has 116 valence electrons. The molecule has 2 unspecified atom stereocenters. The normalized spacial score (nSPS) is 13.3. The second-order valence-corrected chi connectivity index (χ2v) is 4.53. The maximum absolute atomic E-state index is 11.4. The third-order valence-electron chi connectivity index (χ3n) is 3.05. The van der Waals surface area contributed by atoms with Gasteiger partial charge >= 0.3 is 5.97 Å². The topological polar surface area (TPSA) is 67.8 Å². The van der Waals surface area contributed by atoms with Crippen LogP contribution in [0, 0.1) is 0 Å². The Bertz CT molecular complexity index is 444. The van der Waals surface area contributed by atoms with E-state index < -0.39 is 12.1 Å². The molecule has 5 heteroatoms. The first-order valence-corrected chi connectivity index (χ1v) is 6.94. The lowest BCUT2D eigenvalue weighted by molar-refractivity contribution is -0.142. The molecule has 0 spiro atoms. The highest BCUT2D eigenvalue weighted by Crippen LogP contribution is 2.22. The zero-order valence-electron chi connectivity index (χ0n) is 12.5. The second kappa shape index (κ2) is 9.15. The molecule has 21 heavy (non-hydrogen) atoms. The maximum Gasteiger partial charge on any atom is 0.307 e. The highest BCUT2D eigenvalue weighted by atomic mass is 16.5. The molecule has 0 aliphatic rings. The van der Waals surface area contributed by atoms with Crippen LogP contribution in [-0.4, -0.2) is 37.4 Å². The third kappa shape index (κ3) is 5.57. The first-order chi connectivity index (χ1) is 10.1. The number of aliphatic hydroxyl groups excluding tert-OH is 1. The summed E-state index contributed by atoms with van der Waals surface area (Å²) in [6.45, 7) is 6.62. The van der Waals surface area contributed by atoms with Crippen molar-refractivity contribution >= 4 is 5.97 Å². The van der Waals surface area contributed by atoms with Gasteiger partial charge in [0.05, 0.1) is 26.2 Å².